The normalized spacial score (nSPS) is 10.6. The summed E-state index contributed by atoms with van der Waals surface area (Å²) in [5, 5.41) is 9.11. The molecule has 0 amide bonds. The molecule has 2 aromatic carbocycles. The molecule has 0 spiro atoms. The fourth-order valence-corrected chi connectivity index (χ4v) is 1.65. The van der Waals surface area contributed by atoms with E-state index in [1.807, 2.05) is 0 Å². The Hall–Kier alpha value is -1.81. The first-order valence-electron chi connectivity index (χ1n) is 4.97. The van der Waals surface area contributed by atoms with Crippen LogP contribution in [0.1, 0.15) is 5.56 Å². The van der Waals surface area contributed by atoms with Crippen LogP contribution in [0.2, 0.25) is 0 Å². The van der Waals surface area contributed by atoms with Crippen molar-refractivity contribution in [3.05, 3.63) is 59.4 Å². The minimum atomic E-state index is -1.49. The molecule has 0 aromatic heterocycles. The van der Waals surface area contributed by atoms with E-state index in [2.05, 4.69) is 0 Å². The average Bonchev–Trinajstić information content (AvgIpc) is 2.35. The van der Waals surface area contributed by atoms with Crippen molar-refractivity contribution in [3.63, 3.8) is 0 Å². The Morgan fingerprint density at radius 3 is 2.12 bits per heavy atom. The van der Waals surface area contributed by atoms with Crippen LogP contribution >= 0.6 is 0 Å². The van der Waals surface area contributed by atoms with Crippen LogP contribution in [-0.2, 0) is 6.61 Å². The zero-order valence-corrected chi connectivity index (χ0v) is 8.75. The lowest BCUT2D eigenvalue weighted by molar-refractivity contribution is 0.282. The quantitative estimate of drug-likeness (QED) is 0.796. The third kappa shape index (κ3) is 2.17. The Bertz CT molecular complexity index is 529. The third-order valence-corrected chi connectivity index (χ3v) is 2.48. The van der Waals surface area contributed by atoms with Gasteiger partial charge in [0.05, 0.1) is 6.61 Å². The number of halogens is 3. The molecule has 0 aliphatic carbocycles. The summed E-state index contributed by atoms with van der Waals surface area (Å²) in [5.41, 5.74) is 1.21. The molecule has 0 fully saturated rings. The summed E-state index contributed by atoms with van der Waals surface area (Å²) in [6.45, 7) is -0.253. The summed E-state index contributed by atoms with van der Waals surface area (Å²) >= 11 is 0. The van der Waals surface area contributed by atoms with Crippen molar-refractivity contribution in [3.8, 4) is 11.1 Å². The van der Waals surface area contributed by atoms with E-state index >= 15 is 0 Å². The predicted molar refractivity (Wildman–Crippen MR) is 57.7 cm³/mol. The number of hydrogen-bond acceptors (Lipinski definition) is 1. The highest BCUT2D eigenvalue weighted by Crippen LogP contribution is 2.26. The second-order valence-corrected chi connectivity index (χ2v) is 3.57. The molecule has 0 saturated heterocycles. The van der Waals surface area contributed by atoms with Crippen LogP contribution < -0.4 is 0 Å². The maximum Gasteiger partial charge on any atom is 0.194 e. The van der Waals surface area contributed by atoms with Gasteiger partial charge in [0.2, 0.25) is 0 Å². The lowest BCUT2D eigenvalue weighted by Gasteiger charge is -2.08. The van der Waals surface area contributed by atoms with Gasteiger partial charge in [-0.3, -0.25) is 0 Å². The number of aliphatic hydroxyl groups is 1. The van der Waals surface area contributed by atoms with Gasteiger partial charge in [0.1, 0.15) is 0 Å². The molecule has 88 valence electrons. The topological polar surface area (TPSA) is 20.2 Å². The fraction of sp³-hybridized carbons (Fsp3) is 0.0769. The molecule has 1 N–H and O–H groups in total. The average molecular weight is 238 g/mol. The van der Waals surface area contributed by atoms with Crippen LogP contribution in [0, 0.1) is 17.5 Å². The standard InChI is InChI=1S/C13H9F3O/c14-11-5-9(6-12(15)13(11)16)10-4-2-1-3-8(10)7-17/h1-6,17H,7H2. The van der Waals surface area contributed by atoms with Crippen molar-refractivity contribution < 1.29 is 18.3 Å². The first kappa shape index (κ1) is 11.7. The molecule has 1 nitrogen and oxygen atoms in total. The van der Waals surface area contributed by atoms with Gasteiger partial charge >= 0.3 is 0 Å². The largest absolute Gasteiger partial charge is 0.392 e. The van der Waals surface area contributed by atoms with E-state index in [1.54, 1.807) is 24.3 Å². The smallest absolute Gasteiger partial charge is 0.194 e. The second-order valence-electron chi connectivity index (χ2n) is 3.57. The molecule has 2 aromatic rings. The molecule has 17 heavy (non-hydrogen) atoms. The van der Waals surface area contributed by atoms with Gasteiger partial charge in [0, 0.05) is 0 Å². The van der Waals surface area contributed by atoms with E-state index in [9.17, 15) is 13.2 Å². The van der Waals surface area contributed by atoms with Crippen LogP contribution in [0.5, 0.6) is 0 Å². The highest BCUT2D eigenvalue weighted by molar-refractivity contribution is 5.67. The van der Waals surface area contributed by atoms with E-state index in [-0.39, 0.29) is 12.2 Å². The summed E-state index contributed by atoms with van der Waals surface area (Å²) in [7, 11) is 0. The van der Waals surface area contributed by atoms with Crippen molar-refractivity contribution >= 4 is 0 Å². The van der Waals surface area contributed by atoms with Crippen molar-refractivity contribution in [1.29, 1.82) is 0 Å². The van der Waals surface area contributed by atoms with Gasteiger partial charge in [-0.15, -0.1) is 0 Å². The number of rotatable bonds is 2. The highest BCUT2D eigenvalue weighted by Gasteiger charge is 2.13. The minimum Gasteiger partial charge on any atom is -0.392 e. The Kier molecular flexibility index (Phi) is 3.15. The lowest BCUT2D eigenvalue weighted by atomic mass is 10.00. The SMILES string of the molecule is OCc1ccccc1-c1cc(F)c(F)c(F)c1. The van der Waals surface area contributed by atoms with Gasteiger partial charge in [-0.2, -0.15) is 0 Å². The minimum absolute atomic E-state index is 0.200. The monoisotopic (exact) mass is 238 g/mol. The van der Waals surface area contributed by atoms with E-state index < -0.39 is 17.5 Å². The predicted octanol–water partition coefficient (Wildman–Crippen LogP) is 3.26. The molecule has 0 heterocycles. The number of hydrogen-bond donors (Lipinski definition) is 1. The number of benzene rings is 2. The summed E-state index contributed by atoms with van der Waals surface area (Å²) in [5.74, 6) is -3.98. The zero-order valence-electron chi connectivity index (χ0n) is 8.75. The highest BCUT2D eigenvalue weighted by atomic mass is 19.2. The van der Waals surface area contributed by atoms with Crippen LogP contribution in [0.15, 0.2) is 36.4 Å². The van der Waals surface area contributed by atoms with Crippen LogP contribution in [0.4, 0.5) is 13.2 Å². The maximum atomic E-state index is 13.1. The van der Waals surface area contributed by atoms with E-state index in [1.165, 1.54) is 0 Å². The van der Waals surface area contributed by atoms with Crippen molar-refractivity contribution in [2.75, 3.05) is 0 Å². The molecule has 0 unspecified atom stereocenters. The molecule has 2 rings (SSSR count). The Morgan fingerprint density at radius 2 is 1.53 bits per heavy atom. The molecule has 0 atom stereocenters. The molecule has 0 bridgehead atoms. The molecular formula is C13H9F3O. The van der Waals surface area contributed by atoms with E-state index in [4.69, 9.17) is 5.11 Å². The third-order valence-electron chi connectivity index (χ3n) is 2.48. The summed E-state index contributed by atoms with van der Waals surface area (Å²) < 4.78 is 39.0. The Labute approximate surface area is 96.1 Å². The van der Waals surface area contributed by atoms with Crippen LogP contribution in [-0.4, -0.2) is 5.11 Å². The van der Waals surface area contributed by atoms with Crippen LogP contribution in [0.3, 0.4) is 0 Å². The summed E-state index contributed by atoms with van der Waals surface area (Å²) in [6.07, 6.45) is 0. The van der Waals surface area contributed by atoms with Gasteiger partial charge < -0.3 is 5.11 Å². The maximum absolute atomic E-state index is 13.1. The van der Waals surface area contributed by atoms with Gasteiger partial charge in [-0.05, 0) is 28.8 Å². The lowest BCUT2D eigenvalue weighted by Crippen LogP contribution is -1.94. The van der Waals surface area contributed by atoms with Gasteiger partial charge in [0.15, 0.2) is 17.5 Å². The van der Waals surface area contributed by atoms with E-state index in [0.29, 0.717) is 11.1 Å². The molecule has 0 saturated carbocycles. The summed E-state index contributed by atoms with van der Waals surface area (Å²) in [6, 6.07) is 8.44. The number of aliphatic hydroxyl groups excluding tert-OH is 1. The first-order valence-corrected chi connectivity index (χ1v) is 4.97. The van der Waals surface area contributed by atoms with Gasteiger partial charge in [-0.25, -0.2) is 13.2 Å². The van der Waals surface area contributed by atoms with Crippen molar-refractivity contribution in [1.82, 2.24) is 0 Å². The fourth-order valence-electron chi connectivity index (χ4n) is 1.65. The molecule has 0 radical (unpaired) electrons. The Balaban J connectivity index is 2.61. The zero-order chi connectivity index (χ0) is 12.4. The van der Waals surface area contributed by atoms with Gasteiger partial charge in [-0.1, -0.05) is 24.3 Å². The van der Waals surface area contributed by atoms with Gasteiger partial charge in [0.25, 0.3) is 0 Å². The molecular weight excluding hydrogens is 229 g/mol. The van der Waals surface area contributed by atoms with E-state index in [0.717, 1.165) is 12.1 Å². The molecule has 0 aliphatic heterocycles. The van der Waals surface area contributed by atoms with Crippen molar-refractivity contribution in [2.45, 2.75) is 6.61 Å². The molecule has 4 heteroatoms. The second kappa shape index (κ2) is 4.59. The Morgan fingerprint density at radius 1 is 0.941 bits per heavy atom. The summed E-state index contributed by atoms with van der Waals surface area (Å²) in [4.78, 5) is 0. The first-order chi connectivity index (χ1) is 8.13. The van der Waals surface area contributed by atoms with Crippen molar-refractivity contribution in [2.24, 2.45) is 0 Å². The molecule has 0 aliphatic rings. The van der Waals surface area contributed by atoms with Crippen LogP contribution in [0.25, 0.3) is 11.1 Å².